The number of esters is 1. The van der Waals surface area contributed by atoms with Crippen molar-refractivity contribution in [2.45, 2.75) is 31.5 Å². The lowest BCUT2D eigenvalue weighted by molar-refractivity contribution is -0.152. The predicted octanol–water partition coefficient (Wildman–Crippen LogP) is 1.43. The maximum absolute atomic E-state index is 10.9. The molecule has 0 spiro atoms. The summed E-state index contributed by atoms with van der Waals surface area (Å²) >= 11 is 0. The van der Waals surface area contributed by atoms with E-state index in [0.29, 0.717) is 18.8 Å². The van der Waals surface area contributed by atoms with E-state index in [1.54, 1.807) is 0 Å². The Bertz CT molecular complexity index is 235. The van der Waals surface area contributed by atoms with Gasteiger partial charge in [0.25, 0.3) is 0 Å². The van der Waals surface area contributed by atoms with E-state index in [1.165, 1.54) is 0 Å². The molecule has 3 nitrogen and oxygen atoms in total. The zero-order valence-corrected chi connectivity index (χ0v) is 8.19. The molecular weight excluding hydrogens is 180 g/mol. The summed E-state index contributed by atoms with van der Waals surface area (Å²) in [5, 5.41) is 9.58. The quantitative estimate of drug-likeness (QED) is 0.422. The first-order valence-electron chi connectivity index (χ1n) is 4.81. The smallest absolute Gasteiger partial charge is 0.330 e. The van der Waals surface area contributed by atoms with Crippen molar-refractivity contribution in [2.24, 2.45) is 5.92 Å². The summed E-state index contributed by atoms with van der Waals surface area (Å²) in [4.78, 5) is 10.9. The molecule has 1 saturated carbocycles. The second kappa shape index (κ2) is 4.96. The zero-order valence-electron chi connectivity index (χ0n) is 8.19. The lowest BCUT2D eigenvalue weighted by atomic mass is 9.85. The van der Waals surface area contributed by atoms with Gasteiger partial charge >= 0.3 is 5.97 Å². The molecule has 1 aliphatic rings. The molecule has 14 heavy (non-hydrogen) atoms. The first kappa shape index (κ1) is 11.0. The highest BCUT2D eigenvalue weighted by atomic mass is 16.6. The normalized spacial score (nSPS) is 31.9. The number of carbonyl (C=O) groups excluding carboxylic acids is 1. The molecule has 1 N–H and O–H groups in total. The van der Waals surface area contributed by atoms with Gasteiger partial charge in [-0.3, -0.25) is 0 Å². The molecule has 0 aromatic carbocycles. The highest BCUT2D eigenvalue weighted by Crippen LogP contribution is 2.27. The topological polar surface area (TPSA) is 46.5 Å². The molecule has 0 radical (unpaired) electrons. The number of hydrogen-bond acceptors (Lipinski definition) is 3. The Morgan fingerprint density at radius 1 is 1.43 bits per heavy atom. The number of rotatable bonds is 3. The van der Waals surface area contributed by atoms with Crippen LogP contribution >= 0.6 is 0 Å². The van der Waals surface area contributed by atoms with Crippen LogP contribution in [0, 0.1) is 5.92 Å². The van der Waals surface area contributed by atoms with Crippen LogP contribution in [0.15, 0.2) is 25.3 Å². The van der Waals surface area contributed by atoms with Gasteiger partial charge in [-0.05, 0) is 25.2 Å². The fourth-order valence-electron chi connectivity index (χ4n) is 1.68. The van der Waals surface area contributed by atoms with Gasteiger partial charge in [0.1, 0.15) is 6.10 Å². The Morgan fingerprint density at radius 2 is 2.14 bits per heavy atom. The summed E-state index contributed by atoms with van der Waals surface area (Å²) in [6.07, 6.45) is 4.24. The van der Waals surface area contributed by atoms with Gasteiger partial charge < -0.3 is 9.84 Å². The summed E-state index contributed by atoms with van der Waals surface area (Å²) < 4.78 is 5.03. The van der Waals surface area contributed by atoms with Crippen LogP contribution in [0.25, 0.3) is 0 Å². The van der Waals surface area contributed by atoms with E-state index in [1.807, 2.05) is 6.08 Å². The molecule has 0 heterocycles. The zero-order chi connectivity index (χ0) is 10.6. The Hall–Kier alpha value is -1.09. The third-order valence-electron chi connectivity index (χ3n) is 2.56. The van der Waals surface area contributed by atoms with Crippen molar-refractivity contribution in [2.75, 3.05) is 0 Å². The Labute approximate surface area is 84.1 Å². The van der Waals surface area contributed by atoms with Gasteiger partial charge in [0.15, 0.2) is 0 Å². The molecule has 0 bridgehead atoms. The third-order valence-corrected chi connectivity index (χ3v) is 2.56. The highest BCUT2D eigenvalue weighted by molar-refractivity contribution is 5.81. The van der Waals surface area contributed by atoms with E-state index in [4.69, 9.17) is 4.74 Å². The molecule has 0 amide bonds. The van der Waals surface area contributed by atoms with E-state index >= 15 is 0 Å². The van der Waals surface area contributed by atoms with Crippen LogP contribution in [0.3, 0.4) is 0 Å². The summed E-state index contributed by atoms with van der Waals surface area (Å²) in [5.41, 5.74) is 0. The molecule has 3 unspecified atom stereocenters. The number of carbonyl (C=O) groups is 1. The average Bonchev–Trinajstić information content (AvgIpc) is 2.21. The lowest BCUT2D eigenvalue weighted by Crippen LogP contribution is -2.36. The summed E-state index contributed by atoms with van der Waals surface area (Å²) in [5.74, 6) is -0.139. The van der Waals surface area contributed by atoms with E-state index in [-0.39, 0.29) is 0 Å². The van der Waals surface area contributed by atoms with Crippen molar-refractivity contribution >= 4 is 5.97 Å². The molecule has 78 valence electrons. The minimum Gasteiger partial charge on any atom is -0.456 e. The number of aliphatic hydroxyl groups is 1. The van der Waals surface area contributed by atoms with Gasteiger partial charge in [-0.25, -0.2) is 4.79 Å². The molecule has 3 atom stereocenters. The fourth-order valence-corrected chi connectivity index (χ4v) is 1.68. The first-order chi connectivity index (χ1) is 6.67. The highest BCUT2D eigenvalue weighted by Gasteiger charge is 2.30. The van der Waals surface area contributed by atoms with Gasteiger partial charge in [-0.2, -0.15) is 0 Å². The van der Waals surface area contributed by atoms with Crippen LogP contribution < -0.4 is 0 Å². The van der Waals surface area contributed by atoms with Crippen LogP contribution in [-0.2, 0) is 9.53 Å². The molecule has 0 aliphatic heterocycles. The molecule has 1 aliphatic carbocycles. The Balaban J connectivity index is 2.51. The third kappa shape index (κ3) is 2.70. The number of aliphatic hydroxyl groups excluding tert-OH is 1. The van der Waals surface area contributed by atoms with Gasteiger partial charge in [-0.15, -0.1) is 6.58 Å². The van der Waals surface area contributed by atoms with E-state index in [2.05, 4.69) is 13.2 Å². The molecule has 0 saturated heterocycles. The van der Waals surface area contributed by atoms with Crippen LogP contribution in [0.1, 0.15) is 19.3 Å². The number of hydrogen-bond donors (Lipinski definition) is 1. The van der Waals surface area contributed by atoms with Gasteiger partial charge in [-0.1, -0.05) is 12.7 Å². The maximum Gasteiger partial charge on any atom is 0.330 e. The lowest BCUT2D eigenvalue weighted by Gasteiger charge is -2.31. The molecular formula is C11H16O3. The minimum atomic E-state index is -0.546. The molecule has 0 aromatic heterocycles. The van der Waals surface area contributed by atoms with E-state index in [9.17, 15) is 9.90 Å². The van der Waals surface area contributed by atoms with Crippen LogP contribution in [0.4, 0.5) is 0 Å². The fraction of sp³-hybridized carbons (Fsp3) is 0.545. The van der Waals surface area contributed by atoms with Crippen molar-refractivity contribution in [3.63, 3.8) is 0 Å². The minimum absolute atomic E-state index is 0.334. The molecule has 1 fully saturated rings. The molecule has 3 heteroatoms. The van der Waals surface area contributed by atoms with E-state index in [0.717, 1.165) is 12.5 Å². The second-order valence-corrected chi connectivity index (χ2v) is 3.56. The maximum atomic E-state index is 10.9. The summed E-state index contributed by atoms with van der Waals surface area (Å²) in [6, 6.07) is 0. The van der Waals surface area contributed by atoms with Gasteiger partial charge in [0.05, 0.1) is 6.10 Å². The monoisotopic (exact) mass is 196 g/mol. The number of ether oxygens (including phenoxy) is 1. The van der Waals surface area contributed by atoms with Crippen molar-refractivity contribution in [3.8, 4) is 0 Å². The van der Waals surface area contributed by atoms with Crippen LogP contribution in [-0.4, -0.2) is 23.3 Å². The largest absolute Gasteiger partial charge is 0.456 e. The van der Waals surface area contributed by atoms with Crippen molar-refractivity contribution < 1.29 is 14.6 Å². The van der Waals surface area contributed by atoms with E-state index < -0.39 is 18.2 Å². The van der Waals surface area contributed by atoms with Crippen LogP contribution in [0.2, 0.25) is 0 Å². The van der Waals surface area contributed by atoms with Gasteiger partial charge in [0.2, 0.25) is 0 Å². The standard InChI is InChI=1S/C11H16O3/c1-3-8-5-6-9(12)10(7-8)14-11(13)4-2/h3-4,8-10,12H,1-2,5-7H2. The first-order valence-corrected chi connectivity index (χ1v) is 4.81. The number of allylic oxidation sites excluding steroid dienone is 1. The molecule has 1 rings (SSSR count). The second-order valence-electron chi connectivity index (χ2n) is 3.56. The average molecular weight is 196 g/mol. The Kier molecular flexibility index (Phi) is 3.89. The summed E-state index contributed by atoms with van der Waals surface area (Å²) in [7, 11) is 0. The van der Waals surface area contributed by atoms with Gasteiger partial charge in [0, 0.05) is 6.08 Å². The summed E-state index contributed by atoms with van der Waals surface area (Å²) in [6.45, 7) is 7.01. The Morgan fingerprint density at radius 3 is 2.71 bits per heavy atom. The van der Waals surface area contributed by atoms with Crippen molar-refractivity contribution in [1.82, 2.24) is 0 Å². The van der Waals surface area contributed by atoms with Crippen molar-refractivity contribution in [1.29, 1.82) is 0 Å². The SMILES string of the molecule is C=CC(=O)OC1CC(C=C)CCC1O. The van der Waals surface area contributed by atoms with Crippen LogP contribution in [0.5, 0.6) is 0 Å². The molecule has 0 aromatic rings. The van der Waals surface area contributed by atoms with Crippen molar-refractivity contribution in [3.05, 3.63) is 25.3 Å². The predicted molar refractivity (Wildman–Crippen MR) is 53.6 cm³/mol.